The van der Waals surface area contributed by atoms with Gasteiger partial charge in [-0.2, -0.15) is 11.8 Å². The second-order valence-electron chi connectivity index (χ2n) is 7.39. The van der Waals surface area contributed by atoms with E-state index >= 15 is 0 Å². The number of amides is 1. The van der Waals surface area contributed by atoms with Crippen LogP contribution in [0.5, 0.6) is 0 Å². The van der Waals surface area contributed by atoms with Crippen LogP contribution in [0.4, 0.5) is 5.69 Å². The molecule has 0 saturated carbocycles. The van der Waals surface area contributed by atoms with E-state index in [-0.39, 0.29) is 5.91 Å². The lowest BCUT2D eigenvalue weighted by Gasteiger charge is -2.29. The maximum atomic E-state index is 12.3. The molecule has 144 valence electrons. The first-order valence-corrected chi connectivity index (χ1v) is 11.2. The normalized spacial score (nSPS) is 14.0. The molecule has 1 N–H and O–H groups in total. The number of fused-ring (bicyclic) bond motifs is 1. The first-order chi connectivity index (χ1) is 13.1. The van der Waals surface area contributed by atoms with E-state index in [0.29, 0.717) is 6.42 Å². The van der Waals surface area contributed by atoms with Crippen molar-refractivity contribution in [3.8, 4) is 0 Å². The second-order valence-corrected chi connectivity index (χ2v) is 8.38. The number of carbonyl (C=O) groups excluding carboxylic acids is 1. The average Bonchev–Trinajstić information content (AvgIpc) is 2.67. The van der Waals surface area contributed by atoms with Crippen LogP contribution < -0.4 is 5.32 Å². The number of aryl methyl sites for hydroxylation is 2. The number of benzene rings is 2. The van der Waals surface area contributed by atoms with E-state index in [2.05, 4.69) is 59.8 Å². The minimum atomic E-state index is 0.0863. The monoisotopic (exact) mass is 382 g/mol. The average molecular weight is 383 g/mol. The van der Waals surface area contributed by atoms with Crippen molar-refractivity contribution >= 4 is 23.4 Å². The highest BCUT2D eigenvalue weighted by atomic mass is 32.2. The Labute approximate surface area is 167 Å². The second kappa shape index (κ2) is 9.95. The predicted molar refractivity (Wildman–Crippen MR) is 117 cm³/mol. The van der Waals surface area contributed by atoms with Crippen molar-refractivity contribution in [2.45, 2.75) is 39.2 Å². The number of nitrogens with zero attached hydrogens (tertiary/aromatic N) is 1. The van der Waals surface area contributed by atoms with Gasteiger partial charge in [0.25, 0.3) is 0 Å². The third-order valence-corrected chi connectivity index (χ3v) is 5.86. The molecule has 1 aliphatic rings. The number of thioether (sulfide) groups is 1. The van der Waals surface area contributed by atoms with E-state index in [1.165, 1.54) is 34.4 Å². The van der Waals surface area contributed by atoms with Crippen LogP contribution in [-0.4, -0.2) is 35.9 Å². The van der Waals surface area contributed by atoms with Gasteiger partial charge in [0.15, 0.2) is 0 Å². The lowest BCUT2D eigenvalue weighted by atomic mass is 9.99. The Morgan fingerprint density at radius 2 is 1.96 bits per heavy atom. The van der Waals surface area contributed by atoms with E-state index in [1.807, 2.05) is 17.8 Å². The molecule has 2 aromatic rings. The van der Waals surface area contributed by atoms with Crippen LogP contribution in [0.3, 0.4) is 0 Å². The molecule has 2 aromatic carbocycles. The summed E-state index contributed by atoms with van der Waals surface area (Å²) in [7, 11) is 0. The highest BCUT2D eigenvalue weighted by molar-refractivity contribution is 7.98. The Morgan fingerprint density at radius 3 is 2.74 bits per heavy atom. The first kappa shape index (κ1) is 20.0. The molecule has 4 heteroatoms. The number of rotatable bonds is 8. The summed E-state index contributed by atoms with van der Waals surface area (Å²) in [6.45, 7) is 5.38. The molecule has 1 amide bonds. The summed E-state index contributed by atoms with van der Waals surface area (Å²) in [5.74, 6) is 1.31. The van der Waals surface area contributed by atoms with Crippen molar-refractivity contribution < 1.29 is 4.79 Å². The minimum absolute atomic E-state index is 0.0863. The third kappa shape index (κ3) is 6.12. The van der Waals surface area contributed by atoms with Crippen LogP contribution in [0.2, 0.25) is 0 Å². The molecule has 0 saturated heterocycles. The molecule has 0 aliphatic carbocycles. The zero-order chi connectivity index (χ0) is 19.1. The molecule has 0 unspecified atom stereocenters. The summed E-state index contributed by atoms with van der Waals surface area (Å²) in [5.41, 5.74) is 6.17. The van der Waals surface area contributed by atoms with Gasteiger partial charge < -0.3 is 5.32 Å². The molecular weight excluding hydrogens is 352 g/mol. The minimum Gasteiger partial charge on any atom is -0.326 e. The zero-order valence-electron chi connectivity index (χ0n) is 16.5. The number of hydrogen-bond acceptors (Lipinski definition) is 3. The molecule has 27 heavy (non-hydrogen) atoms. The van der Waals surface area contributed by atoms with Crippen molar-refractivity contribution in [3.63, 3.8) is 0 Å². The molecule has 0 atom stereocenters. The topological polar surface area (TPSA) is 32.3 Å². The lowest BCUT2D eigenvalue weighted by molar-refractivity contribution is -0.116. The number of carbonyl (C=O) groups is 1. The van der Waals surface area contributed by atoms with Crippen molar-refractivity contribution in [2.75, 3.05) is 30.4 Å². The standard InChI is InChI=1S/C23H30N2OS/c1-18-4-6-19(7-5-18)8-11-23(26)24-22-10-9-20-12-14-25(13-3-15-27-2)17-21(20)16-22/h4-7,9-10,16H,3,8,11-15,17H2,1-2H3,(H,24,26). The Hall–Kier alpha value is -1.78. The molecule has 1 heterocycles. The predicted octanol–water partition coefficient (Wildman–Crippen LogP) is 4.68. The summed E-state index contributed by atoms with van der Waals surface area (Å²) < 4.78 is 0. The van der Waals surface area contributed by atoms with E-state index < -0.39 is 0 Å². The van der Waals surface area contributed by atoms with E-state index in [4.69, 9.17) is 0 Å². The van der Waals surface area contributed by atoms with Gasteiger partial charge in [0.05, 0.1) is 0 Å². The smallest absolute Gasteiger partial charge is 0.224 e. The molecule has 3 nitrogen and oxygen atoms in total. The Morgan fingerprint density at radius 1 is 1.15 bits per heavy atom. The van der Waals surface area contributed by atoms with Crippen molar-refractivity contribution in [1.29, 1.82) is 0 Å². The van der Waals surface area contributed by atoms with Crippen molar-refractivity contribution in [2.24, 2.45) is 0 Å². The highest BCUT2D eigenvalue weighted by Crippen LogP contribution is 2.23. The Kier molecular flexibility index (Phi) is 7.36. The fourth-order valence-electron chi connectivity index (χ4n) is 3.55. The van der Waals surface area contributed by atoms with Crippen LogP contribution in [0.15, 0.2) is 42.5 Å². The highest BCUT2D eigenvalue weighted by Gasteiger charge is 2.16. The number of anilines is 1. The van der Waals surface area contributed by atoms with Gasteiger partial charge in [0.1, 0.15) is 0 Å². The van der Waals surface area contributed by atoms with Gasteiger partial charge in [0, 0.05) is 25.2 Å². The van der Waals surface area contributed by atoms with Gasteiger partial charge in [0.2, 0.25) is 5.91 Å². The summed E-state index contributed by atoms with van der Waals surface area (Å²) in [6, 6.07) is 14.8. The molecule has 3 rings (SSSR count). The molecule has 0 radical (unpaired) electrons. The van der Waals surface area contributed by atoms with E-state index in [0.717, 1.165) is 38.2 Å². The maximum Gasteiger partial charge on any atom is 0.224 e. The first-order valence-electron chi connectivity index (χ1n) is 9.82. The Bertz CT molecular complexity index is 757. The molecular formula is C23H30N2OS. The van der Waals surface area contributed by atoms with E-state index in [9.17, 15) is 4.79 Å². The lowest BCUT2D eigenvalue weighted by Crippen LogP contribution is -2.31. The van der Waals surface area contributed by atoms with E-state index in [1.54, 1.807) is 0 Å². The van der Waals surface area contributed by atoms with Crippen LogP contribution in [0.25, 0.3) is 0 Å². The summed E-state index contributed by atoms with van der Waals surface area (Å²) in [4.78, 5) is 14.9. The van der Waals surface area contributed by atoms with Gasteiger partial charge in [-0.1, -0.05) is 35.9 Å². The number of nitrogens with one attached hydrogen (secondary N) is 1. The van der Waals surface area contributed by atoms with Crippen molar-refractivity contribution in [1.82, 2.24) is 4.90 Å². The van der Waals surface area contributed by atoms with Gasteiger partial charge in [-0.25, -0.2) is 0 Å². The van der Waals surface area contributed by atoms with Gasteiger partial charge in [-0.15, -0.1) is 0 Å². The van der Waals surface area contributed by atoms with Crippen molar-refractivity contribution in [3.05, 3.63) is 64.7 Å². The quantitative estimate of drug-likeness (QED) is 0.673. The SMILES string of the molecule is CSCCCN1CCc2ccc(NC(=O)CCc3ccc(C)cc3)cc2C1. The van der Waals surface area contributed by atoms with Gasteiger partial charge >= 0.3 is 0 Å². The molecule has 0 spiro atoms. The number of hydrogen-bond donors (Lipinski definition) is 1. The largest absolute Gasteiger partial charge is 0.326 e. The maximum absolute atomic E-state index is 12.3. The van der Waals surface area contributed by atoms with Crippen LogP contribution >= 0.6 is 11.8 Å². The van der Waals surface area contributed by atoms with Crippen LogP contribution in [0.1, 0.15) is 35.1 Å². The third-order valence-electron chi connectivity index (χ3n) is 5.17. The molecule has 0 fully saturated rings. The fourth-order valence-corrected chi connectivity index (χ4v) is 3.97. The van der Waals surface area contributed by atoms with Gasteiger partial charge in [-0.05, 0) is 73.6 Å². The summed E-state index contributed by atoms with van der Waals surface area (Å²) in [6.07, 6.45) is 5.81. The molecule has 0 bridgehead atoms. The molecule has 1 aliphatic heterocycles. The van der Waals surface area contributed by atoms with Gasteiger partial charge in [-0.3, -0.25) is 9.69 Å². The zero-order valence-corrected chi connectivity index (χ0v) is 17.3. The van der Waals surface area contributed by atoms with Crippen LogP contribution in [-0.2, 0) is 24.2 Å². The fraction of sp³-hybridized carbons (Fsp3) is 0.435. The Balaban J connectivity index is 1.52. The van der Waals surface area contributed by atoms with Crippen LogP contribution in [0, 0.1) is 6.92 Å². The summed E-state index contributed by atoms with van der Waals surface area (Å²) in [5, 5.41) is 3.08. The summed E-state index contributed by atoms with van der Waals surface area (Å²) >= 11 is 1.91. The molecule has 0 aromatic heterocycles.